The summed E-state index contributed by atoms with van der Waals surface area (Å²) < 4.78 is 5.78. The summed E-state index contributed by atoms with van der Waals surface area (Å²) in [4.78, 5) is 2.97. The second-order valence-corrected chi connectivity index (χ2v) is 6.23. The number of thiophene rings is 1. The zero-order valence-electron chi connectivity index (χ0n) is 11.6. The van der Waals surface area contributed by atoms with E-state index in [1.54, 1.807) is 0 Å². The third kappa shape index (κ3) is 3.81. The lowest BCUT2D eigenvalue weighted by Gasteiger charge is -2.20. The number of ether oxygens (including phenoxy) is 1. The fraction of sp³-hybridized carbons (Fsp3) is 0.733. The smallest absolute Gasteiger partial charge is 0.0594 e. The van der Waals surface area contributed by atoms with Crippen LogP contribution in [0.15, 0.2) is 12.1 Å². The molecule has 0 bridgehead atoms. The third-order valence-electron chi connectivity index (χ3n) is 3.54. The van der Waals surface area contributed by atoms with Crippen molar-refractivity contribution in [2.45, 2.75) is 58.1 Å². The Balaban J connectivity index is 1.98. The normalized spacial score (nSPS) is 21.3. The Kier molecular flexibility index (Phi) is 5.67. The second kappa shape index (κ2) is 7.27. The minimum Gasteiger partial charge on any atom is -0.378 e. The summed E-state index contributed by atoms with van der Waals surface area (Å²) in [6.07, 6.45) is 6.39. The molecule has 1 saturated heterocycles. The summed E-state index contributed by atoms with van der Waals surface area (Å²) in [5.74, 6) is 0. The summed E-state index contributed by atoms with van der Waals surface area (Å²) in [6.45, 7) is 6.50. The van der Waals surface area contributed by atoms with Gasteiger partial charge in [-0.1, -0.05) is 13.8 Å². The molecule has 0 aliphatic carbocycles. The topological polar surface area (TPSA) is 21.3 Å². The number of rotatable bonds is 7. The highest BCUT2D eigenvalue weighted by atomic mass is 32.1. The lowest BCUT2D eigenvalue weighted by atomic mass is 10.1. The number of hydrogen-bond acceptors (Lipinski definition) is 3. The minimum atomic E-state index is 0.464. The van der Waals surface area contributed by atoms with Gasteiger partial charge >= 0.3 is 0 Å². The molecule has 18 heavy (non-hydrogen) atoms. The second-order valence-electron chi connectivity index (χ2n) is 5.04. The van der Waals surface area contributed by atoms with E-state index in [2.05, 4.69) is 31.3 Å². The largest absolute Gasteiger partial charge is 0.378 e. The van der Waals surface area contributed by atoms with Crippen LogP contribution in [0.25, 0.3) is 0 Å². The van der Waals surface area contributed by atoms with E-state index in [-0.39, 0.29) is 0 Å². The molecule has 0 amide bonds. The fourth-order valence-electron chi connectivity index (χ4n) is 2.48. The molecule has 1 aromatic heterocycles. The Morgan fingerprint density at radius 1 is 1.44 bits per heavy atom. The standard InChI is InChI=1S/C15H25NOS/c1-3-9-16-14(11-12-6-5-10-17-12)15-8-7-13(4-2)18-15/h7-8,12,14,16H,3-6,9-11H2,1-2H3. The molecule has 0 spiro atoms. The average Bonchev–Trinajstić information content (AvgIpc) is 3.05. The number of nitrogens with one attached hydrogen (secondary N) is 1. The van der Waals surface area contributed by atoms with Crippen LogP contribution in [0.4, 0.5) is 0 Å². The molecule has 2 unspecified atom stereocenters. The van der Waals surface area contributed by atoms with E-state index in [0.29, 0.717) is 12.1 Å². The maximum absolute atomic E-state index is 5.78. The van der Waals surface area contributed by atoms with E-state index >= 15 is 0 Å². The molecule has 2 heterocycles. The van der Waals surface area contributed by atoms with Gasteiger partial charge in [0.05, 0.1) is 6.10 Å². The van der Waals surface area contributed by atoms with E-state index in [0.717, 1.165) is 26.0 Å². The predicted molar refractivity (Wildman–Crippen MR) is 78.3 cm³/mol. The van der Waals surface area contributed by atoms with Crippen LogP contribution in [0.2, 0.25) is 0 Å². The van der Waals surface area contributed by atoms with E-state index in [9.17, 15) is 0 Å². The average molecular weight is 267 g/mol. The monoisotopic (exact) mass is 267 g/mol. The molecule has 2 rings (SSSR count). The zero-order chi connectivity index (χ0) is 12.8. The highest BCUT2D eigenvalue weighted by Gasteiger charge is 2.22. The van der Waals surface area contributed by atoms with Crippen molar-refractivity contribution < 1.29 is 4.74 Å². The van der Waals surface area contributed by atoms with E-state index in [1.165, 1.54) is 29.0 Å². The Hall–Kier alpha value is -0.380. The Morgan fingerprint density at radius 2 is 2.33 bits per heavy atom. The van der Waals surface area contributed by atoms with Gasteiger partial charge in [-0.25, -0.2) is 0 Å². The van der Waals surface area contributed by atoms with Gasteiger partial charge in [-0.05, 0) is 50.8 Å². The Bertz CT molecular complexity index is 344. The SMILES string of the molecule is CCCNC(CC1CCCO1)c1ccc(CC)s1. The van der Waals surface area contributed by atoms with Crippen LogP contribution >= 0.6 is 11.3 Å². The highest BCUT2D eigenvalue weighted by Crippen LogP contribution is 2.30. The highest BCUT2D eigenvalue weighted by molar-refractivity contribution is 7.12. The van der Waals surface area contributed by atoms with E-state index in [4.69, 9.17) is 4.74 Å². The van der Waals surface area contributed by atoms with Crippen LogP contribution in [-0.4, -0.2) is 19.3 Å². The summed E-state index contributed by atoms with van der Waals surface area (Å²) in [5.41, 5.74) is 0. The molecule has 1 N–H and O–H groups in total. The molecule has 1 aliphatic heterocycles. The van der Waals surface area contributed by atoms with E-state index in [1.807, 2.05) is 11.3 Å². The Labute approximate surface area is 115 Å². The van der Waals surface area contributed by atoms with Gasteiger partial charge in [-0.15, -0.1) is 11.3 Å². The molecule has 102 valence electrons. The molecule has 0 radical (unpaired) electrons. The van der Waals surface area contributed by atoms with Crippen molar-refractivity contribution in [3.05, 3.63) is 21.9 Å². The van der Waals surface area contributed by atoms with Crippen molar-refractivity contribution in [3.63, 3.8) is 0 Å². The van der Waals surface area contributed by atoms with Crippen LogP contribution in [0.3, 0.4) is 0 Å². The molecule has 2 atom stereocenters. The summed E-state index contributed by atoms with van der Waals surface area (Å²) in [5, 5.41) is 3.68. The maximum Gasteiger partial charge on any atom is 0.0594 e. The first-order chi connectivity index (χ1) is 8.83. The molecule has 3 heteroatoms. The quantitative estimate of drug-likeness (QED) is 0.808. The minimum absolute atomic E-state index is 0.464. The number of aryl methyl sites for hydroxylation is 1. The lowest BCUT2D eigenvalue weighted by Crippen LogP contribution is -2.25. The van der Waals surface area contributed by atoms with Gasteiger partial charge in [-0.2, -0.15) is 0 Å². The number of hydrogen-bond donors (Lipinski definition) is 1. The van der Waals surface area contributed by atoms with Crippen LogP contribution in [0.5, 0.6) is 0 Å². The summed E-state index contributed by atoms with van der Waals surface area (Å²) in [6, 6.07) is 5.06. The van der Waals surface area contributed by atoms with Crippen molar-refractivity contribution in [3.8, 4) is 0 Å². The van der Waals surface area contributed by atoms with Crippen molar-refractivity contribution in [2.24, 2.45) is 0 Å². The van der Waals surface area contributed by atoms with Crippen LogP contribution < -0.4 is 5.32 Å². The first-order valence-electron chi connectivity index (χ1n) is 7.27. The van der Waals surface area contributed by atoms with Crippen LogP contribution in [-0.2, 0) is 11.2 Å². The molecule has 1 fully saturated rings. The van der Waals surface area contributed by atoms with Crippen LogP contribution in [0, 0.1) is 0 Å². The van der Waals surface area contributed by atoms with Gasteiger partial charge in [0.1, 0.15) is 0 Å². The first-order valence-corrected chi connectivity index (χ1v) is 8.08. The van der Waals surface area contributed by atoms with Crippen molar-refractivity contribution in [1.29, 1.82) is 0 Å². The van der Waals surface area contributed by atoms with Gasteiger partial charge in [0.15, 0.2) is 0 Å². The fourth-order valence-corrected chi connectivity index (χ4v) is 3.52. The lowest BCUT2D eigenvalue weighted by molar-refractivity contribution is 0.0949. The van der Waals surface area contributed by atoms with Gasteiger partial charge in [0.25, 0.3) is 0 Å². The van der Waals surface area contributed by atoms with Gasteiger partial charge in [-0.3, -0.25) is 0 Å². The maximum atomic E-state index is 5.78. The van der Waals surface area contributed by atoms with Gasteiger partial charge < -0.3 is 10.1 Å². The molecule has 1 aromatic rings. The molecule has 1 aliphatic rings. The first kappa shape index (κ1) is 14.0. The third-order valence-corrected chi connectivity index (χ3v) is 4.88. The zero-order valence-corrected chi connectivity index (χ0v) is 12.4. The van der Waals surface area contributed by atoms with Gasteiger partial charge in [0, 0.05) is 22.4 Å². The molecular weight excluding hydrogens is 242 g/mol. The Morgan fingerprint density at radius 3 is 2.94 bits per heavy atom. The van der Waals surface area contributed by atoms with E-state index < -0.39 is 0 Å². The van der Waals surface area contributed by atoms with Gasteiger partial charge in [0.2, 0.25) is 0 Å². The molecular formula is C15H25NOS. The van der Waals surface area contributed by atoms with Crippen LogP contribution in [0.1, 0.15) is 55.3 Å². The van der Waals surface area contributed by atoms with Crippen molar-refractivity contribution in [1.82, 2.24) is 5.32 Å². The molecule has 0 saturated carbocycles. The molecule has 0 aromatic carbocycles. The van der Waals surface area contributed by atoms with Crippen molar-refractivity contribution >= 4 is 11.3 Å². The summed E-state index contributed by atoms with van der Waals surface area (Å²) in [7, 11) is 0. The molecule has 2 nitrogen and oxygen atoms in total. The van der Waals surface area contributed by atoms with Crippen molar-refractivity contribution in [2.75, 3.05) is 13.2 Å². The summed E-state index contributed by atoms with van der Waals surface area (Å²) >= 11 is 1.96. The predicted octanol–water partition coefficient (Wildman–Crippen LogP) is 3.92.